The number of aryl methyl sites for hydroxylation is 2. The van der Waals surface area contributed by atoms with Crippen LogP contribution in [0.2, 0.25) is 0 Å². The molecule has 2 N–H and O–H groups in total. The lowest BCUT2D eigenvalue weighted by molar-refractivity contribution is 0.587. The van der Waals surface area contributed by atoms with E-state index in [-0.39, 0.29) is 14.7 Å². The first-order valence-corrected chi connectivity index (χ1v) is 11.4. The van der Waals surface area contributed by atoms with Crippen LogP contribution >= 0.6 is 0 Å². The average molecular weight is 417 g/mol. The second-order valence-electron chi connectivity index (χ2n) is 6.38. The van der Waals surface area contributed by atoms with Crippen molar-refractivity contribution in [1.29, 1.82) is 0 Å². The molecule has 0 aliphatic heterocycles. The van der Waals surface area contributed by atoms with Crippen molar-refractivity contribution >= 4 is 25.5 Å². The van der Waals surface area contributed by atoms with E-state index in [9.17, 15) is 16.8 Å². The zero-order chi connectivity index (χ0) is 20.4. The van der Waals surface area contributed by atoms with E-state index in [0.717, 1.165) is 11.1 Å². The number of benzene rings is 3. The summed E-state index contributed by atoms with van der Waals surface area (Å²) in [6.07, 6.45) is 0. The number of nitrogens with one attached hydrogen (secondary N) is 2. The molecule has 0 radical (unpaired) electrons. The summed E-state index contributed by atoms with van der Waals surface area (Å²) in [7, 11) is -7.37. The number of sulfonamides is 1. The molecular weight excluding hydrogens is 396 g/mol. The molecule has 0 aliphatic rings. The standard InChI is InChI=1S/C20H20N2O4S2/c1-15-3-9-18(10-4-15)27(23,24)19-13-7-17(8-14-19)21-22-28(25,26)20-11-5-16(2)6-12-20/h3-14,21-22H,1-2H3. The van der Waals surface area contributed by atoms with Crippen LogP contribution < -0.4 is 10.3 Å². The van der Waals surface area contributed by atoms with Crippen LogP contribution in [0.5, 0.6) is 0 Å². The van der Waals surface area contributed by atoms with E-state index in [0.29, 0.717) is 5.69 Å². The van der Waals surface area contributed by atoms with Crippen molar-refractivity contribution in [2.45, 2.75) is 28.5 Å². The molecule has 0 spiro atoms. The van der Waals surface area contributed by atoms with Crippen LogP contribution in [0.3, 0.4) is 0 Å². The fraction of sp³-hybridized carbons (Fsp3) is 0.100. The Bertz CT molecular complexity index is 1170. The van der Waals surface area contributed by atoms with Crippen molar-refractivity contribution in [3.63, 3.8) is 0 Å². The minimum atomic E-state index is -3.74. The van der Waals surface area contributed by atoms with Gasteiger partial charge in [-0.25, -0.2) is 16.8 Å². The molecule has 28 heavy (non-hydrogen) atoms. The van der Waals surface area contributed by atoms with Gasteiger partial charge < -0.3 is 5.43 Å². The van der Waals surface area contributed by atoms with Gasteiger partial charge in [-0.2, -0.15) is 0 Å². The number of hydrogen-bond acceptors (Lipinski definition) is 5. The molecule has 0 saturated heterocycles. The van der Waals surface area contributed by atoms with Crippen molar-refractivity contribution in [3.05, 3.63) is 83.9 Å². The summed E-state index contributed by atoms with van der Waals surface area (Å²) in [4.78, 5) is 2.74. The summed E-state index contributed by atoms with van der Waals surface area (Å²) in [6, 6.07) is 18.9. The predicted octanol–water partition coefficient (Wildman–Crippen LogP) is 3.44. The molecule has 0 aromatic heterocycles. The van der Waals surface area contributed by atoms with Gasteiger partial charge in [-0.15, -0.1) is 4.83 Å². The zero-order valence-corrected chi connectivity index (χ0v) is 17.0. The summed E-state index contributed by atoms with van der Waals surface area (Å²) in [6.45, 7) is 3.75. The van der Waals surface area contributed by atoms with Gasteiger partial charge in [0.1, 0.15) is 0 Å². The SMILES string of the molecule is Cc1ccc(S(=O)(=O)NNc2ccc(S(=O)(=O)c3ccc(C)cc3)cc2)cc1. The molecule has 3 aromatic rings. The Morgan fingerprint density at radius 2 is 0.964 bits per heavy atom. The number of sulfone groups is 1. The predicted molar refractivity (Wildman–Crippen MR) is 108 cm³/mol. The lowest BCUT2D eigenvalue weighted by Crippen LogP contribution is -2.29. The third-order valence-corrected chi connectivity index (χ3v) is 7.21. The van der Waals surface area contributed by atoms with Crippen molar-refractivity contribution in [1.82, 2.24) is 4.83 Å². The third-order valence-electron chi connectivity index (χ3n) is 4.16. The summed E-state index contributed by atoms with van der Waals surface area (Å²) < 4.78 is 49.9. The van der Waals surface area contributed by atoms with Crippen molar-refractivity contribution in [3.8, 4) is 0 Å². The fourth-order valence-electron chi connectivity index (χ4n) is 2.47. The summed E-state index contributed by atoms with van der Waals surface area (Å²) >= 11 is 0. The molecule has 0 amide bonds. The van der Waals surface area contributed by atoms with E-state index in [1.165, 1.54) is 36.4 Å². The quantitative estimate of drug-likeness (QED) is 0.601. The lowest BCUT2D eigenvalue weighted by atomic mass is 10.2. The third kappa shape index (κ3) is 4.41. The van der Waals surface area contributed by atoms with Gasteiger partial charge in [-0.05, 0) is 62.4 Å². The fourth-order valence-corrected chi connectivity index (χ4v) is 4.60. The van der Waals surface area contributed by atoms with Gasteiger partial charge in [-0.1, -0.05) is 35.4 Å². The van der Waals surface area contributed by atoms with E-state index in [1.54, 1.807) is 36.4 Å². The van der Waals surface area contributed by atoms with Crippen molar-refractivity contribution < 1.29 is 16.8 Å². The maximum Gasteiger partial charge on any atom is 0.257 e. The molecule has 146 valence electrons. The largest absolute Gasteiger partial charge is 0.308 e. The average Bonchev–Trinajstić information content (AvgIpc) is 2.67. The van der Waals surface area contributed by atoms with Crippen LogP contribution in [0, 0.1) is 13.8 Å². The van der Waals surface area contributed by atoms with Crippen LogP contribution in [0.1, 0.15) is 11.1 Å². The highest BCUT2D eigenvalue weighted by Gasteiger charge is 2.18. The van der Waals surface area contributed by atoms with Crippen LogP contribution in [0.25, 0.3) is 0 Å². The number of rotatable bonds is 6. The van der Waals surface area contributed by atoms with Gasteiger partial charge in [0.25, 0.3) is 10.0 Å². The summed E-state index contributed by atoms with van der Waals surface area (Å²) in [5.41, 5.74) is 4.93. The molecule has 0 saturated carbocycles. The minimum Gasteiger partial charge on any atom is -0.308 e. The number of hydrazine groups is 1. The summed E-state index contributed by atoms with van der Waals surface area (Å²) in [5, 5.41) is 0. The van der Waals surface area contributed by atoms with Crippen LogP contribution in [-0.4, -0.2) is 16.8 Å². The smallest absolute Gasteiger partial charge is 0.257 e. The van der Waals surface area contributed by atoms with Crippen molar-refractivity contribution in [2.24, 2.45) is 0 Å². The van der Waals surface area contributed by atoms with E-state index >= 15 is 0 Å². The first kappa shape index (κ1) is 20.1. The summed E-state index contributed by atoms with van der Waals surface area (Å²) in [5.74, 6) is 0. The number of hydrogen-bond donors (Lipinski definition) is 2. The highest BCUT2D eigenvalue weighted by Crippen LogP contribution is 2.22. The zero-order valence-electron chi connectivity index (χ0n) is 15.4. The van der Waals surface area contributed by atoms with Gasteiger partial charge in [-0.3, -0.25) is 0 Å². The Kier molecular flexibility index (Phi) is 5.55. The van der Waals surface area contributed by atoms with E-state index in [2.05, 4.69) is 10.3 Å². The molecule has 0 heterocycles. The van der Waals surface area contributed by atoms with E-state index < -0.39 is 19.9 Å². The first-order valence-electron chi connectivity index (χ1n) is 8.45. The van der Waals surface area contributed by atoms with Gasteiger partial charge in [0, 0.05) is 5.69 Å². The molecule has 3 aromatic carbocycles. The topological polar surface area (TPSA) is 92.3 Å². The van der Waals surface area contributed by atoms with Crippen molar-refractivity contribution in [2.75, 3.05) is 5.43 Å². The monoisotopic (exact) mass is 416 g/mol. The van der Waals surface area contributed by atoms with Gasteiger partial charge in [0.2, 0.25) is 9.84 Å². The van der Waals surface area contributed by atoms with E-state index in [4.69, 9.17) is 0 Å². The molecule has 0 aliphatic carbocycles. The Morgan fingerprint density at radius 1 is 0.571 bits per heavy atom. The van der Waals surface area contributed by atoms with Gasteiger partial charge in [0.15, 0.2) is 0 Å². The highest BCUT2D eigenvalue weighted by atomic mass is 32.2. The van der Waals surface area contributed by atoms with Crippen LogP contribution in [0.4, 0.5) is 5.69 Å². The molecule has 3 rings (SSSR count). The molecule has 0 unspecified atom stereocenters. The molecule has 6 nitrogen and oxygen atoms in total. The van der Waals surface area contributed by atoms with Gasteiger partial charge in [0.05, 0.1) is 14.7 Å². The second-order valence-corrected chi connectivity index (χ2v) is 10.0. The van der Waals surface area contributed by atoms with Crippen LogP contribution in [-0.2, 0) is 19.9 Å². The van der Waals surface area contributed by atoms with Gasteiger partial charge >= 0.3 is 0 Å². The van der Waals surface area contributed by atoms with E-state index in [1.807, 2.05) is 13.8 Å². The Labute approximate surface area is 165 Å². The second kappa shape index (κ2) is 7.75. The number of anilines is 1. The molecule has 0 fully saturated rings. The molecular formula is C20H20N2O4S2. The molecule has 8 heteroatoms. The Hall–Kier alpha value is -2.68. The van der Waals surface area contributed by atoms with Crippen LogP contribution in [0.15, 0.2) is 87.5 Å². The Morgan fingerprint density at radius 3 is 1.43 bits per heavy atom. The maximum atomic E-state index is 12.7. The molecule has 0 bridgehead atoms. The normalized spacial score (nSPS) is 11.9. The molecule has 0 atom stereocenters. The maximum absolute atomic E-state index is 12.7. The first-order chi connectivity index (χ1) is 13.2. The lowest BCUT2D eigenvalue weighted by Gasteiger charge is -2.11. The Balaban J connectivity index is 1.74. The highest BCUT2D eigenvalue weighted by molar-refractivity contribution is 7.91. The minimum absolute atomic E-state index is 0.128.